The van der Waals surface area contributed by atoms with Crippen LogP contribution in [0.3, 0.4) is 0 Å². The van der Waals surface area contributed by atoms with Crippen molar-refractivity contribution in [2.75, 3.05) is 6.54 Å². The van der Waals surface area contributed by atoms with Gasteiger partial charge in [-0.25, -0.2) is 0 Å². The molecule has 198 valence electrons. The Hall–Kier alpha value is -0.870. The highest BCUT2D eigenvalue weighted by molar-refractivity contribution is 9.10. The Morgan fingerprint density at radius 1 is 1.06 bits per heavy atom. The van der Waals surface area contributed by atoms with Gasteiger partial charge in [0, 0.05) is 24.0 Å². The Balaban J connectivity index is 1.07. The number of amides is 1. The number of benzene rings is 1. The zero-order valence-corrected chi connectivity index (χ0v) is 24.1. The molecular formula is C32H46BrNO2. The van der Waals surface area contributed by atoms with E-state index >= 15 is 0 Å². The van der Waals surface area contributed by atoms with E-state index in [2.05, 4.69) is 52.9 Å². The second kappa shape index (κ2) is 9.70. The van der Waals surface area contributed by atoms with Crippen molar-refractivity contribution in [2.45, 2.75) is 110 Å². The lowest BCUT2D eigenvalue weighted by atomic mass is 9.44. The highest BCUT2D eigenvalue weighted by Crippen LogP contribution is 2.67. The molecule has 5 aliphatic rings. The number of nitrogens with zero attached hydrogens (tertiary/aromatic N) is 1. The van der Waals surface area contributed by atoms with Gasteiger partial charge in [-0.05, 0) is 128 Å². The average molecular weight is 557 g/mol. The van der Waals surface area contributed by atoms with Crippen LogP contribution in [0.2, 0.25) is 0 Å². The third-order valence-electron chi connectivity index (χ3n) is 12.3. The molecule has 0 spiro atoms. The number of hydrogen-bond acceptors (Lipinski definition) is 2. The quantitative estimate of drug-likeness (QED) is 0.417. The van der Waals surface area contributed by atoms with Crippen LogP contribution in [0, 0.1) is 40.4 Å². The fourth-order valence-electron chi connectivity index (χ4n) is 10.2. The lowest BCUT2D eigenvalue weighted by Gasteiger charge is -2.62. The number of carbonyl (C=O) groups is 1. The minimum Gasteiger partial charge on any atom is -0.393 e. The summed E-state index contributed by atoms with van der Waals surface area (Å²) in [6.07, 6.45) is 15.6. The van der Waals surface area contributed by atoms with E-state index in [4.69, 9.17) is 0 Å². The predicted molar refractivity (Wildman–Crippen MR) is 148 cm³/mol. The first-order chi connectivity index (χ1) is 17.3. The van der Waals surface area contributed by atoms with Crippen LogP contribution in [0.1, 0.15) is 102 Å². The highest BCUT2D eigenvalue weighted by Gasteiger charge is 2.61. The van der Waals surface area contributed by atoms with Crippen LogP contribution >= 0.6 is 15.9 Å². The molecule has 4 aliphatic carbocycles. The van der Waals surface area contributed by atoms with Crippen molar-refractivity contribution in [1.82, 2.24) is 4.90 Å². The van der Waals surface area contributed by atoms with Gasteiger partial charge in [0.1, 0.15) is 0 Å². The van der Waals surface area contributed by atoms with Gasteiger partial charge in [0.25, 0.3) is 0 Å². The van der Waals surface area contributed by atoms with Gasteiger partial charge in [0.05, 0.1) is 6.10 Å². The molecule has 0 aromatic heterocycles. The van der Waals surface area contributed by atoms with E-state index in [1.54, 1.807) is 0 Å². The van der Waals surface area contributed by atoms with E-state index in [-0.39, 0.29) is 6.10 Å². The van der Waals surface area contributed by atoms with Gasteiger partial charge in [-0.3, -0.25) is 4.79 Å². The lowest BCUT2D eigenvalue weighted by Crippen LogP contribution is -2.57. The number of aliphatic hydroxyl groups is 1. The van der Waals surface area contributed by atoms with Crippen LogP contribution in [-0.4, -0.2) is 28.6 Å². The fourth-order valence-corrected chi connectivity index (χ4v) is 10.6. The molecule has 36 heavy (non-hydrogen) atoms. The topological polar surface area (TPSA) is 40.5 Å². The second-order valence-electron chi connectivity index (χ2n) is 13.7. The number of rotatable bonds is 4. The summed E-state index contributed by atoms with van der Waals surface area (Å²) in [4.78, 5) is 15.2. The van der Waals surface area contributed by atoms with Crippen molar-refractivity contribution < 1.29 is 9.90 Å². The molecule has 8 atom stereocenters. The van der Waals surface area contributed by atoms with Crippen LogP contribution in [0.4, 0.5) is 0 Å². The Kier molecular flexibility index (Phi) is 6.85. The molecule has 1 amide bonds. The molecule has 4 fully saturated rings. The average Bonchev–Trinajstić information content (AvgIpc) is 3.20. The Morgan fingerprint density at radius 3 is 2.75 bits per heavy atom. The standard InChI is InChI=1S/C32H46BrNO2/c1-31-15-4-3-6-24(31)19-28(35)30-26-12-10-23(32(26,2)16-13-27(30)31)7-5-8-29(36)34-17-14-21-18-25(33)11-9-22(21)20-34/h9,11,18,23-24,26-28,30,35H,3-8,10,12-17,19-20H2,1-2H3. The van der Waals surface area contributed by atoms with Crippen LogP contribution in [-0.2, 0) is 17.8 Å². The van der Waals surface area contributed by atoms with Crippen molar-refractivity contribution in [3.63, 3.8) is 0 Å². The van der Waals surface area contributed by atoms with Gasteiger partial charge in [0.2, 0.25) is 5.91 Å². The summed E-state index contributed by atoms with van der Waals surface area (Å²) in [6.45, 7) is 6.78. The van der Waals surface area contributed by atoms with Crippen molar-refractivity contribution >= 4 is 21.8 Å². The summed E-state index contributed by atoms with van der Waals surface area (Å²) in [5.41, 5.74) is 3.52. The van der Waals surface area contributed by atoms with E-state index in [1.165, 1.54) is 68.9 Å². The van der Waals surface area contributed by atoms with Gasteiger partial charge in [-0.15, -0.1) is 0 Å². The van der Waals surface area contributed by atoms with Crippen LogP contribution in [0.25, 0.3) is 0 Å². The van der Waals surface area contributed by atoms with Gasteiger partial charge in [0.15, 0.2) is 0 Å². The molecule has 8 unspecified atom stereocenters. The molecule has 3 nitrogen and oxygen atoms in total. The van der Waals surface area contributed by atoms with E-state index in [1.807, 2.05) is 0 Å². The molecule has 1 aliphatic heterocycles. The number of hydrogen-bond donors (Lipinski definition) is 1. The van der Waals surface area contributed by atoms with Crippen molar-refractivity contribution in [3.05, 3.63) is 33.8 Å². The summed E-state index contributed by atoms with van der Waals surface area (Å²) < 4.78 is 1.13. The fraction of sp³-hybridized carbons (Fsp3) is 0.781. The molecule has 6 rings (SSSR count). The lowest BCUT2D eigenvalue weighted by molar-refractivity contribution is -0.162. The maximum absolute atomic E-state index is 13.1. The molecule has 0 radical (unpaired) electrons. The number of aliphatic hydroxyl groups excluding tert-OH is 1. The van der Waals surface area contributed by atoms with Crippen molar-refractivity contribution in [3.8, 4) is 0 Å². The van der Waals surface area contributed by atoms with E-state index in [0.717, 1.165) is 54.6 Å². The van der Waals surface area contributed by atoms with Gasteiger partial charge >= 0.3 is 0 Å². The maximum Gasteiger partial charge on any atom is 0.222 e. The molecule has 1 heterocycles. The van der Waals surface area contributed by atoms with Crippen LogP contribution < -0.4 is 0 Å². The summed E-state index contributed by atoms with van der Waals surface area (Å²) in [6, 6.07) is 6.47. The molecule has 1 N–H and O–H groups in total. The van der Waals surface area contributed by atoms with E-state index in [9.17, 15) is 9.90 Å². The zero-order valence-electron chi connectivity index (χ0n) is 22.5. The monoisotopic (exact) mass is 555 g/mol. The summed E-state index contributed by atoms with van der Waals surface area (Å²) >= 11 is 3.57. The molecule has 0 bridgehead atoms. The molecule has 4 saturated carbocycles. The Morgan fingerprint density at radius 2 is 1.89 bits per heavy atom. The molecule has 1 aromatic carbocycles. The molecule has 0 saturated heterocycles. The van der Waals surface area contributed by atoms with E-state index < -0.39 is 0 Å². The minimum atomic E-state index is -0.0845. The van der Waals surface area contributed by atoms with Crippen LogP contribution in [0.5, 0.6) is 0 Å². The molecule has 4 heteroatoms. The largest absolute Gasteiger partial charge is 0.393 e. The maximum atomic E-state index is 13.1. The zero-order chi connectivity index (χ0) is 25.1. The number of fused-ring (bicyclic) bond motifs is 6. The minimum absolute atomic E-state index is 0.0845. The van der Waals surface area contributed by atoms with Crippen molar-refractivity contribution in [2.24, 2.45) is 40.4 Å². The highest BCUT2D eigenvalue weighted by atomic mass is 79.9. The summed E-state index contributed by atoms with van der Waals surface area (Å²) in [5, 5.41) is 11.4. The number of carbonyl (C=O) groups excluding carboxylic acids is 1. The summed E-state index contributed by atoms with van der Waals surface area (Å²) in [7, 11) is 0. The number of halogens is 1. The summed E-state index contributed by atoms with van der Waals surface area (Å²) in [5.74, 6) is 3.74. The van der Waals surface area contributed by atoms with Gasteiger partial charge < -0.3 is 10.0 Å². The normalized spacial score (nSPS) is 41.7. The Labute approximate surface area is 226 Å². The molecular weight excluding hydrogens is 510 g/mol. The predicted octanol–water partition coefficient (Wildman–Crippen LogP) is 7.52. The first-order valence-electron chi connectivity index (χ1n) is 15.0. The first kappa shape index (κ1) is 25.4. The van der Waals surface area contributed by atoms with E-state index in [0.29, 0.717) is 35.0 Å². The van der Waals surface area contributed by atoms with Gasteiger partial charge in [-0.2, -0.15) is 0 Å². The third-order valence-corrected chi connectivity index (χ3v) is 12.8. The first-order valence-corrected chi connectivity index (χ1v) is 15.8. The Bertz CT molecular complexity index is 994. The van der Waals surface area contributed by atoms with Crippen molar-refractivity contribution in [1.29, 1.82) is 0 Å². The molecule has 1 aromatic rings. The third kappa shape index (κ3) is 4.21. The van der Waals surface area contributed by atoms with Crippen LogP contribution in [0.15, 0.2) is 22.7 Å². The SMILES string of the molecule is CC12CCC3C(C(O)CC4CCCCC43C)C1CCC2CCCC(=O)N1CCc2cc(Br)ccc2C1. The second-order valence-corrected chi connectivity index (χ2v) is 14.6. The smallest absolute Gasteiger partial charge is 0.222 e. The van der Waals surface area contributed by atoms with Gasteiger partial charge in [-0.1, -0.05) is 48.7 Å².